The van der Waals surface area contributed by atoms with E-state index in [9.17, 15) is 4.79 Å². The van der Waals surface area contributed by atoms with E-state index in [1.165, 1.54) is 46.7 Å². The summed E-state index contributed by atoms with van der Waals surface area (Å²) in [5.74, 6) is 1.36. The Morgan fingerprint density at radius 3 is 2.92 bits per heavy atom. The molecule has 5 heteroatoms. The van der Waals surface area contributed by atoms with E-state index in [-0.39, 0.29) is 5.91 Å². The topological polar surface area (TPSA) is 46.4 Å². The molecule has 2 aliphatic rings. The molecular formula is C21H30N3OS+. The number of carbonyl (C=O) groups excluding carboxylic acids is 1. The molecular weight excluding hydrogens is 342 g/mol. The number of aromatic nitrogens is 1. The van der Waals surface area contributed by atoms with E-state index in [2.05, 4.69) is 36.5 Å². The lowest BCUT2D eigenvalue weighted by atomic mass is 9.86. The van der Waals surface area contributed by atoms with Gasteiger partial charge < -0.3 is 10.2 Å². The average molecular weight is 373 g/mol. The van der Waals surface area contributed by atoms with Gasteiger partial charge in [-0.25, -0.2) is 4.98 Å². The Morgan fingerprint density at radius 2 is 2.08 bits per heavy atom. The summed E-state index contributed by atoms with van der Waals surface area (Å²) in [7, 11) is 0. The molecule has 1 saturated heterocycles. The molecule has 2 aromatic rings. The van der Waals surface area contributed by atoms with Crippen molar-refractivity contribution in [1.29, 1.82) is 0 Å². The zero-order chi connectivity index (χ0) is 17.9. The van der Waals surface area contributed by atoms with E-state index < -0.39 is 0 Å². The maximum Gasteiger partial charge on any atom is 0.275 e. The van der Waals surface area contributed by atoms with Crippen LogP contribution in [0, 0.1) is 5.92 Å². The number of amides is 1. The number of para-hydroxylation sites is 1. The van der Waals surface area contributed by atoms with Gasteiger partial charge in [-0.15, -0.1) is 11.3 Å². The van der Waals surface area contributed by atoms with Crippen molar-refractivity contribution in [3.63, 3.8) is 0 Å². The van der Waals surface area contributed by atoms with Crippen LogP contribution < -0.4 is 10.2 Å². The van der Waals surface area contributed by atoms with Crippen molar-refractivity contribution in [2.75, 3.05) is 19.6 Å². The molecule has 0 radical (unpaired) electrons. The van der Waals surface area contributed by atoms with E-state index >= 15 is 0 Å². The Bertz CT molecular complexity index is 726. The number of rotatable bonds is 4. The first kappa shape index (κ1) is 17.9. The molecule has 1 aromatic carbocycles. The molecule has 4 atom stereocenters. The predicted molar refractivity (Wildman–Crippen MR) is 107 cm³/mol. The summed E-state index contributed by atoms with van der Waals surface area (Å²) >= 11 is 1.83. The molecule has 1 aromatic heterocycles. The molecule has 4 nitrogen and oxygen atoms in total. The van der Waals surface area contributed by atoms with Crippen molar-refractivity contribution >= 4 is 27.5 Å². The second-order valence-corrected chi connectivity index (χ2v) is 9.24. The highest BCUT2D eigenvalue weighted by Gasteiger charge is 2.29. The number of hydrogen-bond donors (Lipinski definition) is 2. The summed E-state index contributed by atoms with van der Waals surface area (Å²) in [5.41, 5.74) is 1.11. The number of fused-ring (bicyclic) bond motifs is 1. The molecule has 140 valence electrons. The highest BCUT2D eigenvalue weighted by molar-refractivity contribution is 7.18. The minimum absolute atomic E-state index is 0.240. The Hall–Kier alpha value is -1.46. The van der Waals surface area contributed by atoms with Crippen LogP contribution in [0.25, 0.3) is 10.2 Å². The predicted octanol–water partition coefficient (Wildman–Crippen LogP) is 2.75. The minimum Gasteiger partial charge on any atom is -0.348 e. The average Bonchev–Trinajstić information content (AvgIpc) is 3.08. The number of piperidine rings is 1. The highest BCUT2D eigenvalue weighted by atomic mass is 32.1. The van der Waals surface area contributed by atoms with Gasteiger partial charge in [-0.1, -0.05) is 31.9 Å². The molecule has 26 heavy (non-hydrogen) atoms. The van der Waals surface area contributed by atoms with Crippen molar-refractivity contribution in [2.24, 2.45) is 5.92 Å². The first-order valence-corrected chi connectivity index (χ1v) is 11.0. The SMILES string of the molecule is C[C@@H]1CCCC[C@@H]1NC(=O)C[NH+]1CCC[C@H](c2nc3ccccc3s2)C1. The molecule has 1 aliphatic heterocycles. The van der Waals surface area contributed by atoms with Crippen LogP contribution in [-0.2, 0) is 4.79 Å². The van der Waals surface area contributed by atoms with E-state index in [0.29, 0.717) is 24.4 Å². The third-order valence-corrected chi connectivity index (χ3v) is 7.34. The van der Waals surface area contributed by atoms with Gasteiger partial charge in [0.25, 0.3) is 5.91 Å². The normalized spacial score (nSPS) is 29.6. The zero-order valence-electron chi connectivity index (χ0n) is 15.7. The van der Waals surface area contributed by atoms with Gasteiger partial charge >= 0.3 is 0 Å². The van der Waals surface area contributed by atoms with E-state index in [1.807, 2.05) is 11.3 Å². The van der Waals surface area contributed by atoms with Gasteiger partial charge in [0.1, 0.15) is 5.01 Å². The van der Waals surface area contributed by atoms with Gasteiger partial charge in [-0.3, -0.25) is 4.79 Å². The molecule has 0 spiro atoms. The number of quaternary nitrogens is 1. The Balaban J connectivity index is 1.35. The van der Waals surface area contributed by atoms with Crippen molar-refractivity contribution in [3.05, 3.63) is 29.3 Å². The second kappa shape index (κ2) is 8.05. The fraction of sp³-hybridized carbons (Fsp3) is 0.619. The van der Waals surface area contributed by atoms with Gasteiger partial charge in [0.2, 0.25) is 0 Å². The monoisotopic (exact) mass is 372 g/mol. The van der Waals surface area contributed by atoms with Crippen LogP contribution in [0.3, 0.4) is 0 Å². The third-order valence-electron chi connectivity index (χ3n) is 6.15. The molecule has 1 saturated carbocycles. The second-order valence-electron chi connectivity index (χ2n) is 8.18. The van der Waals surface area contributed by atoms with Gasteiger partial charge in [-0.2, -0.15) is 0 Å². The van der Waals surface area contributed by atoms with E-state index in [0.717, 1.165) is 25.0 Å². The number of likely N-dealkylation sites (tertiary alicyclic amines) is 1. The Labute approximate surface area is 160 Å². The number of carbonyl (C=O) groups is 1. The van der Waals surface area contributed by atoms with Crippen LogP contribution >= 0.6 is 11.3 Å². The lowest BCUT2D eigenvalue weighted by molar-refractivity contribution is -0.898. The molecule has 1 unspecified atom stereocenters. The molecule has 0 bridgehead atoms. The van der Waals surface area contributed by atoms with Gasteiger partial charge in [-0.05, 0) is 43.7 Å². The van der Waals surface area contributed by atoms with Gasteiger partial charge in [0.15, 0.2) is 6.54 Å². The number of hydrogen-bond acceptors (Lipinski definition) is 3. The number of nitrogens with one attached hydrogen (secondary N) is 2. The van der Waals surface area contributed by atoms with E-state index in [4.69, 9.17) is 4.98 Å². The van der Waals surface area contributed by atoms with Gasteiger partial charge in [0, 0.05) is 6.04 Å². The molecule has 1 amide bonds. The first-order valence-electron chi connectivity index (χ1n) is 10.2. The van der Waals surface area contributed by atoms with Crippen LogP contribution in [0.4, 0.5) is 0 Å². The summed E-state index contributed by atoms with van der Waals surface area (Å²) in [5, 5.41) is 4.57. The quantitative estimate of drug-likeness (QED) is 0.867. The summed E-state index contributed by atoms with van der Waals surface area (Å²) in [6.45, 7) is 5.04. The number of nitrogens with zero attached hydrogens (tertiary/aromatic N) is 1. The zero-order valence-corrected chi connectivity index (χ0v) is 16.5. The molecule has 4 rings (SSSR count). The van der Waals surface area contributed by atoms with Crippen LogP contribution in [0.15, 0.2) is 24.3 Å². The summed E-state index contributed by atoms with van der Waals surface area (Å²) < 4.78 is 1.28. The molecule has 2 heterocycles. The van der Waals surface area contributed by atoms with E-state index in [1.54, 1.807) is 0 Å². The van der Waals surface area contributed by atoms with Gasteiger partial charge in [0.05, 0.1) is 29.2 Å². The standard InChI is InChI=1S/C21H29N3OS/c1-15-7-2-3-9-17(15)22-20(25)14-24-12-6-8-16(13-24)21-23-18-10-4-5-11-19(18)26-21/h4-5,10-11,15-17H,2-3,6-9,12-14H2,1H3,(H,22,25)/p+1/t15-,16+,17+/m1/s1. The van der Waals surface area contributed by atoms with Crippen LogP contribution in [0.1, 0.15) is 56.4 Å². The summed E-state index contributed by atoms with van der Waals surface area (Å²) in [4.78, 5) is 18.8. The smallest absolute Gasteiger partial charge is 0.275 e. The fourth-order valence-corrected chi connectivity index (χ4v) is 5.70. The van der Waals surface area contributed by atoms with Crippen molar-refractivity contribution in [3.8, 4) is 0 Å². The molecule has 2 fully saturated rings. The maximum absolute atomic E-state index is 12.6. The largest absolute Gasteiger partial charge is 0.348 e. The van der Waals surface area contributed by atoms with Crippen molar-refractivity contribution in [1.82, 2.24) is 10.3 Å². The molecule has 1 aliphatic carbocycles. The van der Waals surface area contributed by atoms with Crippen LogP contribution in [0.2, 0.25) is 0 Å². The summed E-state index contributed by atoms with van der Waals surface area (Å²) in [6, 6.07) is 8.78. The lowest BCUT2D eigenvalue weighted by Gasteiger charge is -2.31. The van der Waals surface area contributed by atoms with Crippen molar-refractivity contribution < 1.29 is 9.69 Å². The van der Waals surface area contributed by atoms with Crippen molar-refractivity contribution in [2.45, 2.75) is 57.4 Å². The van der Waals surface area contributed by atoms with Crippen LogP contribution in [-0.4, -0.2) is 36.6 Å². The maximum atomic E-state index is 12.6. The highest BCUT2D eigenvalue weighted by Crippen LogP contribution is 2.30. The summed E-state index contributed by atoms with van der Waals surface area (Å²) in [6.07, 6.45) is 7.35. The molecule has 2 N–H and O–H groups in total. The number of benzene rings is 1. The third kappa shape index (κ3) is 4.09. The fourth-order valence-electron chi connectivity index (χ4n) is 4.60. The Kier molecular flexibility index (Phi) is 5.55. The minimum atomic E-state index is 0.240. The van der Waals surface area contributed by atoms with Crippen LogP contribution in [0.5, 0.6) is 0 Å². The first-order chi connectivity index (χ1) is 12.7. The lowest BCUT2D eigenvalue weighted by Crippen LogP contribution is -3.14. The number of thiazole rings is 1. The Morgan fingerprint density at radius 1 is 1.23 bits per heavy atom.